The molecule has 146 valence electrons. The zero-order valence-corrected chi connectivity index (χ0v) is 17.3. The number of pyridine rings is 1. The molecule has 3 rings (SSSR count). The number of para-hydroxylation sites is 1. The first-order valence-corrected chi connectivity index (χ1v) is 10.5. The van der Waals surface area contributed by atoms with Crippen molar-refractivity contribution >= 4 is 23.4 Å². The van der Waals surface area contributed by atoms with Crippen molar-refractivity contribution in [1.29, 1.82) is 0 Å². The second kappa shape index (κ2) is 9.50. The maximum absolute atomic E-state index is 12.6. The van der Waals surface area contributed by atoms with Gasteiger partial charge in [-0.3, -0.25) is 9.78 Å². The number of hydrogen-bond donors (Lipinski definition) is 1. The Kier molecular flexibility index (Phi) is 6.81. The minimum Gasteiger partial charge on any atom is -0.325 e. The molecule has 2 aromatic heterocycles. The molecular formula is C21H25N5OS. The van der Waals surface area contributed by atoms with Crippen LogP contribution in [-0.4, -0.2) is 31.4 Å². The molecule has 0 unspecified atom stereocenters. The number of carbonyl (C=O) groups excluding carboxylic acids is 1. The van der Waals surface area contributed by atoms with E-state index < -0.39 is 0 Å². The molecule has 0 saturated carbocycles. The van der Waals surface area contributed by atoms with Crippen LogP contribution in [0, 0.1) is 0 Å². The highest BCUT2D eigenvalue weighted by molar-refractivity contribution is 7.99. The number of rotatable bonds is 8. The number of thioether (sulfide) groups is 1. The van der Waals surface area contributed by atoms with Gasteiger partial charge in [0.25, 0.3) is 0 Å². The third-order valence-electron chi connectivity index (χ3n) is 4.55. The molecule has 2 heterocycles. The predicted octanol–water partition coefficient (Wildman–Crippen LogP) is 4.22. The van der Waals surface area contributed by atoms with Gasteiger partial charge in [-0.25, -0.2) is 0 Å². The van der Waals surface area contributed by atoms with E-state index in [9.17, 15) is 4.79 Å². The number of hydrogen-bond acceptors (Lipinski definition) is 5. The van der Waals surface area contributed by atoms with Crippen molar-refractivity contribution < 1.29 is 4.79 Å². The van der Waals surface area contributed by atoms with Crippen LogP contribution in [0.3, 0.4) is 0 Å². The van der Waals surface area contributed by atoms with E-state index in [2.05, 4.69) is 46.5 Å². The summed E-state index contributed by atoms with van der Waals surface area (Å²) in [4.78, 5) is 16.7. The van der Waals surface area contributed by atoms with E-state index >= 15 is 0 Å². The number of carbonyl (C=O) groups is 1. The third-order valence-corrected chi connectivity index (χ3v) is 5.52. The van der Waals surface area contributed by atoms with Gasteiger partial charge in [0.2, 0.25) is 5.91 Å². The van der Waals surface area contributed by atoms with Crippen molar-refractivity contribution in [1.82, 2.24) is 19.7 Å². The van der Waals surface area contributed by atoms with Gasteiger partial charge in [0.05, 0.1) is 5.75 Å². The lowest BCUT2D eigenvalue weighted by molar-refractivity contribution is -0.113. The molecule has 0 aliphatic carbocycles. The Morgan fingerprint density at radius 1 is 1.07 bits per heavy atom. The van der Waals surface area contributed by atoms with Crippen molar-refractivity contribution in [3.8, 4) is 11.4 Å². The number of benzene rings is 1. The molecule has 0 spiro atoms. The molecule has 3 aromatic rings. The summed E-state index contributed by atoms with van der Waals surface area (Å²) in [7, 11) is 0. The molecule has 0 saturated heterocycles. The molecule has 0 atom stereocenters. The van der Waals surface area contributed by atoms with E-state index in [1.54, 1.807) is 12.4 Å². The number of nitrogens with zero attached hydrogens (tertiary/aromatic N) is 4. The Balaban J connectivity index is 1.72. The van der Waals surface area contributed by atoms with Crippen LogP contribution in [0.15, 0.2) is 47.9 Å². The smallest absolute Gasteiger partial charge is 0.234 e. The number of aromatic nitrogens is 4. The lowest BCUT2D eigenvalue weighted by Gasteiger charge is -2.14. The van der Waals surface area contributed by atoms with Gasteiger partial charge in [-0.2, -0.15) is 0 Å². The molecule has 0 fully saturated rings. The van der Waals surface area contributed by atoms with E-state index in [4.69, 9.17) is 0 Å². The SMILES string of the molecule is CCc1cccc(CC)c1NC(=O)CSc1nnc(-c2cccnc2)n1CC. The average molecular weight is 396 g/mol. The quantitative estimate of drug-likeness (QED) is 0.578. The Morgan fingerprint density at radius 2 is 1.82 bits per heavy atom. The Bertz CT molecular complexity index is 917. The molecule has 1 amide bonds. The fourth-order valence-corrected chi connectivity index (χ4v) is 3.90. The fraction of sp³-hybridized carbons (Fsp3) is 0.333. The number of aryl methyl sites for hydroxylation is 2. The van der Waals surface area contributed by atoms with Crippen LogP contribution in [-0.2, 0) is 24.2 Å². The van der Waals surface area contributed by atoms with Gasteiger partial charge in [-0.15, -0.1) is 10.2 Å². The monoisotopic (exact) mass is 395 g/mol. The standard InChI is InChI=1S/C21H25N5OS/c1-4-15-9-7-10-16(5-2)19(15)23-18(27)14-28-21-25-24-20(26(21)6-3)17-11-8-12-22-13-17/h7-13H,4-6,14H2,1-3H3,(H,23,27). The van der Waals surface area contributed by atoms with Crippen LogP contribution in [0.25, 0.3) is 11.4 Å². The van der Waals surface area contributed by atoms with Gasteiger partial charge in [0.1, 0.15) is 0 Å². The molecule has 7 heteroatoms. The molecule has 28 heavy (non-hydrogen) atoms. The van der Waals surface area contributed by atoms with Crippen molar-refractivity contribution in [2.45, 2.75) is 45.3 Å². The van der Waals surface area contributed by atoms with Crippen LogP contribution >= 0.6 is 11.8 Å². The van der Waals surface area contributed by atoms with Gasteiger partial charge in [0, 0.05) is 30.2 Å². The highest BCUT2D eigenvalue weighted by Gasteiger charge is 2.16. The van der Waals surface area contributed by atoms with E-state index in [0.717, 1.165) is 52.7 Å². The van der Waals surface area contributed by atoms with Gasteiger partial charge in [0.15, 0.2) is 11.0 Å². The molecule has 6 nitrogen and oxygen atoms in total. The molecule has 0 bridgehead atoms. The van der Waals surface area contributed by atoms with Crippen LogP contribution in [0.2, 0.25) is 0 Å². The fourth-order valence-electron chi connectivity index (χ4n) is 3.10. The molecule has 1 aromatic carbocycles. The molecule has 1 N–H and O–H groups in total. The molecular weight excluding hydrogens is 370 g/mol. The first-order valence-electron chi connectivity index (χ1n) is 9.54. The minimum atomic E-state index is -0.0332. The maximum atomic E-state index is 12.6. The zero-order valence-electron chi connectivity index (χ0n) is 16.5. The van der Waals surface area contributed by atoms with Crippen molar-refractivity contribution in [3.63, 3.8) is 0 Å². The van der Waals surface area contributed by atoms with Gasteiger partial charge in [-0.1, -0.05) is 43.8 Å². The Hall–Kier alpha value is -2.67. The number of nitrogens with one attached hydrogen (secondary N) is 1. The maximum Gasteiger partial charge on any atom is 0.234 e. The summed E-state index contributed by atoms with van der Waals surface area (Å²) in [6, 6.07) is 10.0. The second-order valence-electron chi connectivity index (χ2n) is 6.29. The topological polar surface area (TPSA) is 72.7 Å². The number of anilines is 1. The highest BCUT2D eigenvalue weighted by Crippen LogP contribution is 2.25. The van der Waals surface area contributed by atoms with Crippen molar-refractivity contribution in [3.05, 3.63) is 53.9 Å². The van der Waals surface area contributed by atoms with Crippen LogP contribution in [0.5, 0.6) is 0 Å². The normalized spacial score (nSPS) is 10.8. The summed E-state index contributed by atoms with van der Waals surface area (Å²) in [5, 5.41) is 12.4. The summed E-state index contributed by atoms with van der Waals surface area (Å²) in [5.74, 6) is 1.02. The lowest BCUT2D eigenvalue weighted by atomic mass is 10.0. The molecule has 0 aliphatic heterocycles. The van der Waals surface area contributed by atoms with Crippen molar-refractivity contribution in [2.75, 3.05) is 11.1 Å². The summed E-state index contributed by atoms with van der Waals surface area (Å²) >= 11 is 1.40. The first-order chi connectivity index (χ1) is 13.7. The average Bonchev–Trinajstić information content (AvgIpc) is 3.16. The molecule has 0 radical (unpaired) electrons. The second-order valence-corrected chi connectivity index (χ2v) is 7.23. The third kappa shape index (κ3) is 4.42. The van der Waals surface area contributed by atoms with Crippen LogP contribution in [0.4, 0.5) is 5.69 Å². The Labute approximate surface area is 169 Å². The van der Waals surface area contributed by atoms with E-state index in [1.807, 2.05) is 29.7 Å². The number of amides is 1. The van der Waals surface area contributed by atoms with Gasteiger partial charge >= 0.3 is 0 Å². The summed E-state index contributed by atoms with van der Waals surface area (Å²) in [5.41, 5.74) is 4.19. The largest absolute Gasteiger partial charge is 0.325 e. The van der Waals surface area contributed by atoms with Gasteiger partial charge in [-0.05, 0) is 43.0 Å². The summed E-state index contributed by atoms with van der Waals surface area (Å²) in [6.45, 7) is 6.96. The van der Waals surface area contributed by atoms with Crippen molar-refractivity contribution in [2.24, 2.45) is 0 Å². The highest BCUT2D eigenvalue weighted by atomic mass is 32.2. The van der Waals surface area contributed by atoms with E-state index in [1.165, 1.54) is 11.8 Å². The van der Waals surface area contributed by atoms with E-state index in [0.29, 0.717) is 0 Å². The summed E-state index contributed by atoms with van der Waals surface area (Å²) in [6.07, 6.45) is 5.27. The minimum absolute atomic E-state index is 0.0332. The first kappa shape index (κ1) is 20.1. The Morgan fingerprint density at radius 3 is 2.43 bits per heavy atom. The van der Waals surface area contributed by atoms with Gasteiger partial charge < -0.3 is 9.88 Å². The predicted molar refractivity (Wildman–Crippen MR) is 113 cm³/mol. The molecule has 0 aliphatic rings. The lowest BCUT2D eigenvalue weighted by Crippen LogP contribution is -2.17. The summed E-state index contributed by atoms with van der Waals surface area (Å²) < 4.78 is 2.01. The van der Waals surface area contributed by atoms with Crippen LogP contribution < -0.4 is 5.32 Å². The van der Waals surface area contributed by atoms with E-state index in [-0.39, 0.29) is 11.7 Å². The zero-order chi connectivity index (χ0) is 19.9. The van der Waals surface area contributed by atoms with Crippen LogP contribution in [0.1, 0.15) is 31.9 Å².